The summed E-state index contributed by atoms with van der Waals surface area (Å²) in [6.45, 7) is 3.06. The molecule has 0 unspecified atom stereocenters. The van der Waals surface area contributed by atoms with Crippen molar-refractivity contribution in [2.45, 2.75) is 28.5 Å². The number of rotatable bonds is 9. The summed E-state index contributed by atoms with van der Waals surface area (Å²) in [5, 5.41) is 2.42. The minimum atomic E-state index is -3.74. The van der Waals surface area contributed by atoms with Gasteiger partial charge in [-0.05, 0) is 42.5 Å². The number of anilines is 2. The molecule has 0 saturated carbocycles. The second kappa shape index (κ2) is 11.8. The molecule has 198 valence electrons. The Hall–Kier alpha value is -3.67. The lowest BCUT2D eigenvalue weighted by Crippen LogP contribution is -2.35. The first kappa shape index (κ1) is 27.4. The molecular weight excluding hydrogens is 526 g/mol. The van der Waals surface area contributed by atoms with Crippen LogP contribution in [-0.2, 0) is 24.3 Å². The predicted octanol–water partition coefficient (Wildman–Crippen LogP) is 3.82. The van der Waals surface area contributed by atoms with Crippen LogP contribution in [0.15, 0.2) is 87.5 Å². The van der Waals surface area contributed by atoms with Crippen LogP contribution in [0.25, 0.3) is 0 Å². The number of fused-ring (bicyclic) bond motifs is 2. The molecule has 0 radical (unpaired) electrons. The predicted molar refractivity (Wildman–Crippen MR) is 144 cm³/mol. The van der Waals surface area contributed by atoms with Crippen molar-refractivity contribution in [2.75, 3.05) is 31.1 Å². The van der Waals surface area contributed by atoms with Gasteiger partial charge in [0.25, 0.3) is 11.8 Å². The van der Waals surface area contributed by atoms with Crippen molar-refractivity contribution >= 4 is 50.9 Å². The Morgan fingerprint density at radius 1 is 0.895 bits per heavy atom. The first-order valence-electron chi connectivity index (χ1n) is 12.0. The topological polar surface area (TPSA) is 113 Å². The zero-order valence-electron chi connectivity index (χ0n) is 20.9. The van der Waals surface area contributed by atoms with Gasteiger partial charge in [0.1, 0.15) is 6.54 Å². The van der Waals surface area contributed by atoms with Gasteiger partial charge in [0.05, 0.1) is 16.3 Å². The van der Waals surface area contributed by atoms with Crippen LogP contribution in [0.2, 0.25) is 0 Å². The van der Waals surface area contributed by atoms with Crippen LogP contribution in [-0.4, -0.2) is 56.7 Å². The third-order valence-corrected chi connectivity index (χ3v) is 9.05. The van der Waals surface area contributed by atoms with E-state index in [4.69, 9.17) is 4.74 Å². The Bertz CT molecular complexity index is 1430. The summed E-state index contributed by atoms with van der Waals surface area (Å²) in [7, 11) is -3.74. The van der Waals surface area contributed by atoms with Gasteiger partial charge in [0.2, 0.25) is 10.0 Å². The number of esters is 1. The summed E-state index contributed by atoms with van der Waals surface area (Å²) >= 11 is 1.55. The quantitative estimate of drug-likeness (QED) is 0.401. The van der Waals surface area contributed by atoms with Gasteiger partial charge in [0, 0.05) is 28.4 Å². The summed E-state index contributed by atoms with van der Waals surface area (Å²) in [6, 6.07) is 20.5. The van der Waals surface area contributed by atoms with Crippen LogP contribution in [0.3, 0.4) is 0 Å². The molecule has 0 fully saturated rings. The molecule has 11 heteroatoms. The standard InChI is InChI=1S/C27H27N3O6S2/c1-3-29(4-2)38(34,35)20-11-9-10-19(16-20)27(33)28-17-26(32)36-18-25(31)30-21-12-5-7-14-23(21)37-24-15-8-6-13-22(24)30/h5-16H,3-4,17-18H2,1-2H3,(H,28,33). The summed E-state index contributed by atoms with van der Waals surface area (Å²) in [6.07, 6.45) is 0. The average Bonchev–Trinajstić information content (AvgIpc) is 2.93. The van der Waals surface area contributed by atoms with Crippen molar-refractivity contribution in [3.05, 3.63) is 78.4 Å². The number of hydrogen-bond acceptors (Lipinski definition) is 7. The normalized spacial score (nSPS) is 12.4. The van der Waals surface area contributed by atoms with Crippen molar-refractivity contribution in [3.8, 4) is 0 Å². The van der Waals surface area contributed by atoms with Crippen molar-refractivity contribution < 1.29 is 27.5 Å². The van der Waals surface area contributed by atoms with E-state index in [9.17, 15) is 22.8 Å². The van der Waals surface area contributed by atoms with E-state index < -0.39 is 41.0 Å². The van der Waals surface area contributed by atoms with Crippen LogP contribution in [0, 0.1) is 0 Å². The van der Waals surface area contributed by atoms with Gasteiger partial charge >= 0.3 is 5.97 Å². The molecule has 2 amide bonds. The Labute approximate surface area is 225 Å². The average molecular weight is 554 g/mol. The zero-order chi connectivity index (χ0) is 27.3. The molecule has 9 nitrogen and oxygen atoms in total. The van der Waals surface area contributed by atoms with Gasteiger partial charge in [-0.25, -0.2) is 8.42 Å². The van der Waals surface area contributed by atoms with Crippen LogP contribution in [0.4, 0.5) is 11.4 Å². The molecule has 0 saturated heterocycles. The minimum Gasteiger partial charge on any atom is -0.454 e. The SMILES string of the molecule is CCN(CC)S(=O)(=O)c1cccc(C(=O)NCC(=O)OCC(=O)N2c3ccccc3Sc3ccccc32)c1. The lowest BCUT2D eigenvalue weighted by atomic mass is 10.2. The summed E-state index contributed by atoms with van der Waals surface area (Å²) in [4.78, 5) is 41.4. The highest BCUT2D eigenvalue weighted by molar-refractivity contribution is 7.99. The highest BCUT2D eigenvalue weighted by atomic mass is 32.2. The lowest BCUT2D eigenvalue weighted by Gasteiger charge is -2.30. The Kier molecular flexibility index (Phi) is 8.50. The molecule has 0 bridgehead atoms. The van der Waals surface area contributed by atoms with E-state index in [1.54, 1.807) is 25.6 Å². The second-order valence-corrected chi connectivity index (χ2v) is 11.2. The van der Waals surface area contributed by atoms with Crippen molar-refractivity contribution in [1.29, 1.82) is 0 Å². The smallest absolute Gasteiger partial charge is 0.325 e. The van der Waals surface area contributed by atoms with E-state index in [2.05, 4.69) is 5.32 Å². The largest absolute Gasteiger partial charge is 0.454 e. The van der Waals surface area contributed by atoms with E-state index >= 15 is 0 Å². The van der Waals surface area contributed by atoms with Crippen molar-refractivity contribution in [2.24, 2.45) is 0 Å². The number of carbonyl (C=O) groups is 3. The Balaban J connectivity index is 1.37. The van der Waals surface area contributed by atoms with Gasteiger partial charge in [-0.3, -0.25) is 19.3 Å². The Morgan fingerprint density at radius 2 is 1.50 bits per heavy atom. The van der Waals surface area contributed by atoms with E-state index in [1.165, 1.54) is 33.5 Å². The number of carbonyl (C=O) groups excluding carboxylic acids is 3. The fraction of sp³-hybridized carbons (Fsp3) is 0.222. The summed E-state index contributed by atoms with van der Waals surface area (Å²) < 4.78 is 31.9. The second-order valence-electron chi connectivity index (χ2n) is 8.23. The highest BCUT2D eigenvalue weighted by Crippen LogP contribution is 2.47. The maximum absolute atomic E-state index is 13.1. The van der Waals surface area contributed by atoms with Crippen molar-refractivity contribution in [3.63, 3.8) is 0 Å². The Morgan fingerprint density at radius 3 is 2.11 bits per heavy atom. The molecule has 1 heterocycles. The summed E-state index contributed by atoms with van der Waals surface area (Å²) in [5.74, 6) is -1.87. The summed E-state index contributed by atoms with van der Waals surface area (Å²) in [5.41, 5.74) is 1.48. The van der Waals surface area contributed by atoms with E-state index in [0.29, 0.717) is 24.5 Å². The molecule has 1 aliphatic rings. The number of ether oxygens (including phenoxy) is 1. The van der Waals surface area contributed by atoms with Gasteiger partial charge < -0.3 is 10.1 Å². The number of nitrogens with one attached hydrogen (secondary N) is 1. The van der Waals surface area contributed by atoms with E-state index in [0.717, 1.165) is 9.79 Å². The number of benzene rings is 3. The molecule has 3 aromatic rings. The van der Waals surface area contributed by atoms with Crippen LogP contribution in [0.1, 0.15) is 24.2 Å². The van der Waals surface area contributed by atoms with Crippen LogP contribution in [0.5, 0.6) is 0 Å². The van der Waals surface area contributed by atoms with Gasteiger partial charge in [-0.1, -0.05) is 55.9 Å². The minimum absolute atomic E-state index is 0.0118. The lowest BCUT2D eigenvalue weighted by molar-refractivity contribution is -0.146. The van der Waals surface area contributed by atoms with Crippen LogP contribution < -0.4 is 10.2 Å². The molecular formula is C27H27N3O6S2. The van der Waals surface area contributed by atoms with Crippen LogP contribution >= 0.6 is 11.8 Å². The first-order valence-corrected chi connectivity index (χ1v) is 14.2. The maximum Gasteiger partial charge on any atom is 0.325 e. The number of para-hydroxylation sites is 2. The van der Waals surface area contributed by atoms with E-state index in [1.807, 2.05) is 48.5 Å². The fourth-order valence-electron chi connectivity index (χ4n) is 4.00. The number of nitrogens with zero attached hydrogens (tertiary/aromatic N) is 2. The van der Waals surface area contributed by atoms with Gasteiger partial charge in [-0.15, -0.1) is 0 Å². The van der Waals surface area contributed by atoms with Crippen molar-refractivity contribution in [1.82, 2.24) is 9.62 Å². The van der Waals surface area contributed by atoms with Gasteiger partial charge in [0.15, 0.2) is 6.61 Å². The highest BCUT2D eigenvalue weighted by Gasteiger charge is 2.28. The number of amides is 2. The molecule has 0 aromatic heterocycles. The van der Waals surface area contributed by atoms with Gasteiger partial charge in [-0.2, -0.15) is 4.31 Å². The molecule has 0 aliphatic carbocycles. The third kappa shape index (κ3) is 5.74. The first-order chi connectivity index (χ1) is 18.3. The molecule has 4 rings (SSSR count). The zero-order valence-corrected chi connectivity index (χ0v) is 22.6. The number of sulfonamides is 1. The molecule has 1 N–H and O–H groups in total. The molecule has 38 heavy (non-hydrogen) atoms. The van der Waals surface area contributed by atoms with E-state index in [-0.39, 0.29) is 10.5 Å². The number of hydrogen-bond donors (Lipinski definition) is 1. The monoisotopic (exact) mass is 553 g/mol. The maximum atomic E-state index is 13.1. The third-order valence-electron chi connectivity index (χ3n) is 5.87. The molecule has 0 spiro atoms. The fourth-order valence-corrected chi connectivity index (χ4v) is 6.56. The molecule has 0 atom stereocenters. The molecule has 3 aromatic carbocycles. The molecule has 1 aliphatic heterocycles.